The van der Waals surface area contributed by atoms with Crippen LogP contribution in [-0.4, -0.2) is 39.9 Å². The Morgan fingerprint density at radius 1 is 1.25 bits per heavy atom. The third kappa shape index (κ3) is 4.84. The molecule has 0 saturated heterocycles. The van der Waals surface area contributed by atoms with E-state index in [0.29, 0.717) is 0 Å². The van der Waals surface area contributed by atoms with Crippen molar-refractivity contribution in [2.75, 3.05) is 5.75 Å². The molecule has 5 N–H and O–H groups in total. The number of nitrogens with one attached hydrogen (secondary N) is 1. The van der Waals surface area contributed by atoms with Crippen LogP contribution in [0.25, 0.3) is 0 Å². The van der Waals surface area contributed by atoms with E-state index in [1.54, 1.807) is 24.3 Å². The smallest absolute Gasteiger partial charge is 0.327 e. The second-order valence-electron chi connectivity index (χ2n) is 4.37. The normalized spacial score (nSPS) is 13.6. The molecular weight excluding hydrogens is 280 g/mol. The van der Waals surface area contributed by atoms with E-state index in [4.69, 9.17) is 15.9 Å². The summed E-state index contributed by atoms with van der Waals surface area (Å²) >= 11 is 3.86. The molecule has 7 heteroatoms. The zero-order valence-corrected chi connectivity index (χ0v) is 11.7. The molecule has 6 nitrogen and oxygen atoms in total. The third-order valence-corrected chi connectivity index (χ3v) is 3.16. The van der Waals surface area contributed by atoms with Gasteiger partial charge in [0.2, 0.25) is 5.91 Å². The predicted molar refractivity (Wildman–Crippen MR) is 77.5 cm³/mol. The van der Waals surface area contributed by atoms with Crippen LogP contribution in [0.15, 0.2) is 24.3 Å². The molecule has 2 atom stereocenters. The van der Waals surface area contributed by atoms with Crippen LogP contribution in [-0.2, 0) is 22.6 Å². The SMILES string of the molecule is N[C@@H](Cc1ccc(CO)cc1)C(=O)N[C@@H](CS)C(=O)O. The molecule has 20 heavy (non-hydrogen) atoms. The summed E-state index contributed by atoms with van der Waals surface area (Å²) < 4.78 is 0. The first kappa shape index (κ1) is 16.5. The van der Waals surface area contributed by atoms with Crippen molar-refractivity contribution in [2.45, 2.75) is 25.1 Å². The summed E-state index contributed by atoms with van der Waals surface area (Å²) in [7, 11) is 0. The van der Waals surface area contributed by atoms with Crippen LogP contribution in [0.1, 0.15) is 11.1 Å². The highest BCUT2D eigenvalue weighted by Crippen LogP contribution is 2.06. The van der Waals surface area contributed by atoms with Gasteiger partial charge in [0.25, 0.3) is 0 Å². The fraction of sp³-hybridized carbons (Fsp3) is 0.385. The summed E-state index contributed by atoms with van der Waals surface area (Å²) in [6.45, 7) is -0.0466. The Labute approximate surface area is 122 Å². The van der Waals surface area contributed by atoms with Gasteiger partial charge in [0, 0.05) is 5.75 Å². The van der Waals surface area contributed by atoms with Crippen LogP contribution in [0.5, 0.6) is 0 Å². The molecule has 1 rings (SSSR count). The number of amides is 1. The number of thiol groups is 1. The van der Waals surface area contributed by atoms with Crippen LogP contribution >= 0.6 is 12.6 Å². The lowest BCUT2D eigenvalue weighted by Gasteiger charge is -2.16. The number of carbonyl (C=O) groups is 2. The summed E-state index contributed by atoms with van der Waals surface area (Å²) in [6, 6.07) is 5.14. The van der Waals surface area contributed by atoms with E-state index in [0.717, 1.165) is 11.1 Å². The molecule has 0 saturated carbocycles. The summed E-state index contributed by atoms with van der Waals surface area (Å²) in [5, 5.41) is 20.1. The van der Waals surface area contributed by atoms with Gasteiger partial charge in [-0.2, -0.15) is 12.6 Å². The van der Waals surface area contributed by atoms with Crippen LogP contribution in [0.2, 0.25) is 0 Å². The van der Waals surface area contributed by atoms with Gasteiger partial charge in [0.05, 0.1) is 12.6 Å². The molecule has 0 bridgehead atoms. The lowest BCUT2D eigenvalue weighted by atomic mass is 10.0. The quantitative estimate of drug-likeness (QED) is 0.438. The second kappa shape index (κ2) is 7.88. The Kier molecular flexibility index (Phi) is 6.50. The minimum atomic E-state index is -1.15. The zero-order valence-electron chi connectivity index (χ0n) is 10.8. The average molecular weight is 298 g/mol. The van der Waals surface area contributed by atoms with Crippen molar-refractivity contribution in [3.05, 3.63) is 35.4 Å². The summed E-state index contributed by atoms with van der Waals surface area (Å²) in [5.41, 5.74) is 7.35. The Morgan fingerprint density at radius 3 is 2.25 bits per heavy atom. The predicted octanol–water partition coefficient (Wildman–Crippen LogP) is -0.452. The lowest BCUT2D eigenvalue weighted by Crippen LogP contribution is -2.50. The number of rotatable bonds is 7. The minimum absolute atomic E-state index is 0.00100. The van der Waals surface area contributed by atoms with Gasteiger partial charge < -0.3 is 21.3 Å². The van der Waals surface area contributed by atoms with E-state index in [-0.39, 0.29) is 18.8 Å². The average Bonchev–Trinajstić information content (AvgIpc) is 2.44. The van der Waals surface area contributed by atoms with Crippen molar-refractivity contribution >= 4 is 24.5 Å². The van der Waals surface area contributed by atoms with Crippen LogP contribution in [0, 0.1) is 0 Å². The molecule has 0 aliphatic carbocycles. The van der Waals surface area contributed by atoms with Gasteiger partial charge in [-0.25, -0.2) is 4.79 Å². The van der Waals surface area contributed by atoms with E-state index >= 15 is 0 Å². The Bertz CT molecular complexity index is 464. The van der Waals surface area contributed by atoms with Crippen molar-refractivity contribution in [1.82, 2.24) is 5.32 Å². The van der Waals surface area contributed by atoms with E-state index in [1.165, 1.54) is 0 Å². The van der Waals surface area contributed by atoms with Gasteiger partial charge in [-0.15, -0.1) is 0 Å². The number of carboxylic acid groups (broad SMARTS) is 1. The maximum absolute atomic E-state index is 11.8. The molecule has 1 aromatic carbocycles. The molecular formula is C13H18N2O4S. The first-order valence-electron chi connectivity index (χ1n) is 6.06. The fourth-order valence-corrected chi connectivity index (χ4v) is 1.84. The molecule has 0 unspecified atom stereocenters. The highest BCUT2D eigenvalue weighted by Gasteiger charge is 2.22. The number of aliphatic carboxylic acids is 1. The standard InChI is InChI=1S/C13H18N2O4S/c14-10(12(17)15-11(7-20)13(18)19)5-8-1-3-9(6-16)4-2-8/h1-4,10-11,16,20H,5-7,14H2,(H,15,17)(H,18,19)/t10-,11-/m0/s1. The van der Waals surface area contributed by atoms with Crippen molar-refractivity contribution in [3.63, 3.8) is 0 Å². The topological polar surface area (TPSA) is 113 Å². The monoisotopic (exact) mass is 298 g/mol. The molecule has 0 aromatic heterocycles. The fourth-order valence-electron chi connectivity index (χ4n) is 1.59. The van der Waals surface area contributed by atoms with Gasteiger partial charge in [-0.3, -0.25) is 4.79 Å². The number of carboxylic acids is 1. The number of nitrogens with two attached hydrogens (primary N) is 1. The number of carbonyl (C=O) groups excluding carboxylic acids is 1. The highest BCUT2D eigenvalue weighted by atomic mass is 32.1. The highest BCUT2D eigenvalue weighted by molar-refractivity contribution is 7.80. The number of benzene rings is 1. The van der Waals surface area contributed by atoms with E-state index < -0.39 is 24.0 Å². The zero-order chi connectivity index (χ0) is 15.1. The van der Waals surface area contributed by atoms with E-state index in [2.05, 4.69) is 17.9 Å². The molecule has 0 aliphatic heterocycles. The number of hydrogen-bond donors (Lipinski definition) is 5. The number of aliphatic hydroxyl groups excluding tert-OH is 1. The first-order chi connectivity index (χ1) is 9.47. The van der Waals surface area contributed by atoms with Crippen LogP contribution in [0.3, 0.4) is 0 Å². The summed E-state index contributed by atoms with van der Waals surface area (Å²) in [6.07, 6.45) is 0.288. The summed E-state index contributed by atoms with van der Waals surface area (Å²) in [5.74, 6) is -1.68. The lowest BCUT2D eigenvalue weighted by molar-refractivity contribution is -0.141. The molecule has 1 amide bonds. The van der Waals surface area contributed by atoms with Gasteiger partial charge in [-0.1, -0.05) is 24.3 Å². The van der Waals surface area contributed by atoms with E-state index in [9.17, 15) is 9.59 Å². The molecule has 0 radical (unpaired) electrons. The number of aliphatic hydroxyl groups is 1. The molecule has 0 fully saturated rings. The molecule has 0 spiro atoms. The minimum Gasteiger partial charge on any atom is -0.480 e. The molecule has 110 valence electrons. The molecule has 1 aromatic rings. The largest absolute Gasteiger partial charge is 0.480 e. The second-order valence-corrected chi connectivity index (χ2v) is 4.73. The number of hydrogen-bond acceptors (Lipinski definition) is 5. The maximum Gasteiger partial charge on any atom is 0.327 e. The van der Waals surface area contributed by atoms with Gasteiger partial charge in [0.1, 0.15) is 6.04 Å². The van der Waals surface area contributed by atoms with Gasteiger partial charge >= 0.3 is 5.97 Å². The van der Waals surface area contributed by atoms with Crippen molar-refractivity contribution < 1.29 is 19.8 Å². The Morgan fingerprint density at radius 2 is 1.80 bits per heavy atom. The van der Waals surface area contributed by atoms with Crippen LogP contribution in [0.4, 0.5) is 0 Å². The maximum atomic E-state index is 11.8. The van der Waals surface area contributed by atoms with Crippen molar-refractivity contribution in [2.24, 2.45) is 5.73 Å². The van der Waals surface area contributed by atoms with Crippen molar-refractivity contribution in [3.8, 4) is 0 Å². The molecule has 0 heterocycles. The molecule has 0 aliphatic rings. The van der Waals surface area contributed by atoms with Gasteiger partial charge in [0.15, 0.2) is 0 Å². The summed E-state index contributed by atoms with van der Waals surface area (Å²) in [4.78, 5) is 22.6. The van der Waals surface area contributed by atoms with Crippen molar-refractivity contribution in [1.29, 1.82) is 0 Å². The Balaban J connectivity index is 2.58. The third-order valence-electron chi connectivity index (χ3n) is 2.80. The van der Waals surface area contributed by atoms with E-state index in [1.807, 2.05) is 0 Å². The Hall–Kier alpha value is -1.57. The van der Waals surface area contributed by atoms with Gasteiger partial charge in [-0.05, 0) is 17.5 Å². The van der Waals surface area contributed by atoms with Crippen LogP contribution < -0.4 is 11.1 Å². The first-order valence-corrected chi connectivity index (χ1v) is 6.69.